The van der Waals surface area contributed by atoms with Crippen LogP contribution in [0.4, 0.5) is 5.69 Å². The van der Waals surface area contributed by atoms with Gasteiger partial charge >= 0.3 is 5.97 Å². The number of ether oxygens (including phenoxy) is 1. The number of rotatable bonds is 3. The van der Waals surface area contributed by atoms with Gasteiger partial charge in [-0.05, 0) is 40.8 Å². The first-order valence-electron chi connectivity index (χ1n) is 6.16. The Labute approximate surface area is 147 Å². The van der Waals surface area contributed by atoms with E-state index < -0.39 is 10.9 Å². The van der Waals surface area contributed by atoms with Crippen molar-refractivity contribution < 1.29 is 18.9 Å². The first-order valence-corrected chi connectivity index (χ1v) is 7.62. The second-order valence-electron chi connectivity index (χ2n) is 4.40. The monoisotopic (exact) mass is 444 g/mol. The number of non-ortho nitro benzene ring substituents is 1. The quantitative estimate of drug-likeness (QED) is 0.236. The molecule has 1 aromatic heterocycles. The number of carbonyl (C=O) groups excluding carboxylic acids is 1. The number of carbonyl (C=O) groups is 1. The van der Waals surface area contributed by atoms with Crippen LogP contribution in [0.3, 0.4) is 0 Å². The van der Waals surface area contributed by atoms with Crippen molar-refractivity contribution in [1.82, 2.24) is 0 Å². The normalized spacial score (nSPS) is 15.7. The van der Waals surface area contributed by atoms with Crippen LogP contribution >= 0.6 is 34.2 Å². The van der Waals surface area contributed by atoms with Gasteiger partial charge in [-0.25, -0.2) is 9.79 Å². The van der Waals surface area contributed by atoms with Gasteiger partial charge in [0.25, 0.3) is 5.69 Å². The lowest BCUT2D eigenvalue weighted by atomic mass is 10.2. The minimum Gasteiger partial charge on any atom is -0.451 e. The van der Waals surface area contributed by atoms with Gasteiger partial charge in [0, 0.05) is 18.2 Å². The van der Waals surface area contributed by atoms with Gasteiger partial charge in [0.15, 0.2) is 9.46 Å². The molecule has 2 aromatic rings. The van der Waals surface area contributed by atoms with Crippen molar-refractivity contribution in [2.75, 3.05) is 0 Å². The molecule has 0 unspecified atom stereocenters. The van der Waals surface area contributed by atoms with Gasteiger partial charge in [0.2, 0.25) is 5.90 Å². The molecule has 0 fully saturated rings. The summed E-state index contributed by atoms with van der Waals surface area (Å²) >= 11 is 7.99. The number of nitrogens with zero attached hydrogens (tertiary/aromatic N) is 2. The van der Waals surface area contributed by atoms with E-state index in [0.717, 1.165) is 0 Å². The van der Waals surface area contributed by atoms with Gasteiger partial charge in [-0.1, -0.05) is 11.6 Å². The molecule has 1 aromatic carbocycles. The number of furan rings is 1. The fraction of sp³-hybridized carbons (Fsp3) is 0. The third kappa shape index (κ3) is 3.27. The van der Waals surface area contributed by atoms with Crippen molar-refractivity contribution in [3.8, 4) is 0 Å². The number of cyclic esters (lactones) is 1. The third-order valence-electron chi connectivity index (χ3n) is 2.89. The number of benzene rings is 1. The molecule has 0 atom stereocenters. The first-order chi connectivity index (χ1) is 10.9. The number of nitro groups is 1. The Balaban J connectivity index is 1.95. The second-order valence-corrected chi connectivity index (χ2v) is 5.87. The maximum Gasteiger partial charge on any atom is 0.363 e. The second kappa shape index (κ2) is 6.13. The van der Waals surface area contributed by atoms with Crippen LogP contribution in [0.1, 0.15) is 11.3 Å². The first kappa shape index (κ1) is 15.7. The van der Waals surface area contributed by atoms with E-state index in [0.29, 0.717) is 15.1 Å². The summed E-state index contributed by atoms with van der Waals surface area (Å²) in [4.78, 5) is 26.1. The smallest absolute Gasteiger partial charge is 0.363 e. The Bertz CT molecular complexity index is 887. The molecule has 0 N–H and O–H groups in total. The molecule has 2 heterocycles. The van der Waals surface area contributed by atoms with Gasteiger partial charge in [-0.2, -0.15) is 0 Å². The Morgan fingerprint density at radius 1 is 1.30 bits per heavy atom. The average Bonchev–Trinajstić information content (AvgIpc) is 3.06. The molecule has 1 aliphatic rings. The maximum absolute atomic E-state index is 11.9. The standard InChI is InChI=1S/C14H6ClIN2O5/c15-10-5-7(18(20)21)1-3-9(10)13-17-11(14(19)23-13)6-8-2-4-12(16)22-8/h1-6H/b11-6-. The zero-order chi connectivity index (χ0) is 16.6. The van der Waals surface area contributed by atoms with E-state index in [-0.39, 0.29) is 22.3 Å². The molecule has 9 heteroatoms. The molecule has 23 heavy (non-hydrogen) atoms. The van der Waals surface area contributed by atoms with Crippen LogP contribution in [-0.4, -0.2) is 16.8 Å². The topological polar surface area (TPSA) is 94.9 Å². The largest absolute Gasteiger partial charge is 0.451 e. The van der Waals surface area contributed by atoms with Crippen molar-refractivity contribution in [3.05, 3.63) is 66.3 Å². The minimum absolute atomic E-state index is 0.0117. The summed E-state index contributed by atoms with van der Waals surface area (Å²) < 4.78 is 11.1. The van der Waals surface area contributed by atoms with Crippen LogP contribution < -0.4 is 0 Å². The van der Waals surface area contributed by atoms with Gasteiger partial charge in [-0.3, -0.25) is 10.1 Å². The molecule has 3 rings (SSSR count). The Morgan fingerprint density at radius 2 is 2.09 bits per heavy atom. The molecule has 0 aliphatic carbocycles. The minimum atomic E-state index is -0.652. The number of esters is 1. The zero-order valence-corrected chi connectivity index (χ0v) is 14.1. The molecule has 0 radical (unpaired) electrons. The SMILES string of the molecule is O=C1OC(c2ccc([N+](=O)[O-])cc2Cl)=N/C1=C\c1ccc(I)o1. The summed E-state index contributed by atoms with van der Waals surface area (Å²) in [5.74, 6) is -0.204. The average molecular weight is 445 g/mol. The van der Waals surface area contributed by atoms with E-state index in [1.807, 2.05) is 22.6 Å². The van der Waals surface area contributed by atoms with Gasteiger partial charge < -0.3 is 9.15 Å². The fourth-order valence-electron chi connectivity index (χ4n) is 1.86. The van der Waals surface area contributed by atoms with Crippen LogP contribution in [0.2, 0.25) is 5.02 Å². The van der Waals surface area contributed by atoms with Crippen LogP contribution in [0, 0.1) is 13.9 Å². The van der Waals surface area contributed by atoms with Crippen LogP contribution in [0.5, 0.6) is 0 Å². The Kier molecular flexibility index (Phi) is 4.18. The molecule has 0 amide bonds. The fourth-order valence-corrected chi connectivity index (χ4v) is 2.55. The number of hydrogen-bond acceptors (Lipinski definition) is 6. The zero-order valence-electron chi connectivity index (χ0n) is 11.2. The molecule has 0 saturated heterocycles. The lowest BCUT2D eigenvalue weighted by Gasteiger charge is -2.02. The highest BCUT2D eigenvalue weighted by molar-refractivity contribution is 14.1. The van der Waals surface area contributed by atoms with E-state index in [1.54, 1.807) is 12.1 Å². The number of halogens is 2. The van der Waals surface area contributed by atoms with E-state index >= 15 is 0 Å². The van der Waals surface area contributed by atoms with Crippen molar-refractivity contribution in [2.45, 2.75) is 0 Å². The van der Waals surface area contributed by atoms with E-state index in [2.05, 4.69) is 4.99 Å². The molecule has 0 bridgehead atoms. The van der Waals surface area contributed by atoms with E-state index in [4.69, 9.17) is 20.8 Å². The molecule has 1 aliphatic heterocycles. The summed E-state index contributed by atoms with van der Waals surface area (Å²) in [5, 5.41) is 10.8. The van der Waals surface area contributed by atoms with E-state index in [1.165, 1.54) is 24.3 Å². The van der Waals surface area contributed by atoms with Crippen molar-refractivity contribution in [1.29, 1.82) is 0 Å². The summed E-state index contributed by atoms with van der Waals surface area (Å²) in [6, 6.07) is 7.24. The predicted octanol–water partition coefficient (Wildman–Crippen LogP) is 3.79. The third-order valence-corrected chi connectivity index (χ3v) is 3.78. The predicted molar refractivity (Wildman–Crippen MR) is 90.1 cm³/mol. The maximum atomic E-state index is 11.9. The van der Waals surface area contributed by atoms with Gasteiger partial charge in [-0.15, -0.1) is 0 Å². The lowest BCUT2D eigenvalue weighted by Crippen LogP contribution is -2.06. The molecule has 0 spiro atoms. The Morgan fingerprint density at radius 3 is 2.70 bits per heavy atom. The van der Waals surface area contributed by atoms with E-state index in [9.17, 15) is 14.9 Å². The lowest BCUT2D eigenvalue weighted by molar-refractivity contribution is -0.384. The van der Waals surface area contributed by atoms with Crippen LogP contribution in [-0.2, 0) is 9.53 Å². The summed E-state index contributed by atoms with van der Waals surface area (Å²) in [6.45, 7) is 0. The van der Waals surface area contributed by atoms with Crippen molar-refractivity contribution in [3.63, 3.8) is 0 Å². The van der Waals surface area contributed by atoms with Gasteiger partial charge in [0.05, 0.1) is 15.5 Å². The number of nitro benzene ring substituents is 1. The van der Waals surface area contributed by atoms with Gasteiger partial charge in [0.1, 0.15) is 5.76 Å². The summed E-state index contributed by atoms with van der Waals surface area (Å²) in [5.41, 5.74) is 0.188. The summed E-state index contributed by atoms with van der Waals surface area (Å²) in [7, 11) is 0. The van der Waals surface area contributed by atoms with Crippen LogP contribution in [0.25, 0.3) is 6.08 Å². The number of hydrogen-bond donors (Lipinski definition) is 0. The Hall–Kier alpha value is -2.20. The van der Waals surface area contributed by atoms with Crippen LogP contribution in [0.15, 0.2) is 45.4 Å². The molecule has 0 saturated carbocycles. The molecular formula is C14H6ClIN2O5. The van der Waals surface area contributed by atoms with Crippen molar-refractivity contribution >= 4 is 57.8 Å². The molecule has 116 valence electrons. The highest BCUT2D eigenvalue weighted by atomic mass is 127. The summed E-state index contributed by atoms with van der Waals surface area (Å²) in [6.07, 6.45) is 1.44. The highest BCUT2D eigenvalue weighted by Crippen LogP contribution is 2.27. The molecule has 7 nitrogen and oxygen atoms in total. The number of aliphatic imine (C=N–C) groups is 1. The highest BCUT2D eigenvalue weighted by Gasteiger charge is 2.26. The molecular weight excluding hydrogens is 439 g/mol. The van der Waals surface area contributed by atoms with Crippen molar-refractivity contribution in [2.24, 2.45) is 4.99 Å².